The normalized spacial score (nSPS) is 10.4. The van der Waals surface area contributed by atoms with E-state index >= 15 is 0 Å². The van der Waals surface area contributed by atoms with E-state index in [1.807, 2.05) is 0 Å². The van der Waals surface area contributed by atoms with Crippen LogP contribution < -0.4 is 0 Å². The molecule has 0 aromatic heterocycles. The molecule has 1 aromatic carbocycles. The van der Waals surface area contributed by atoms with E-state index in [-0.39, 0.29) is 27.9 Å². The predicted octanol–water partition coefficient (Wildman–Crippen LogP) is 1.29. The van der Waals surface area contributed by atoms with Gasteiger partial charge in [0.2, 0.25) is 11.0 Å². The summed E-state index contributed by atoms with van der Waals surface area (Å²) in [4.78, 5) is 0.139. The molecule has 4 nitrogen and oxygen atoms in total. The van der Waals surface area contributed by atoms with Gasteiger partial charge in [-0.15, -0.1) is 0 Å². The Morgan fingerprint density at radius 2 is 1.82 bits per heavy atom. The fraction of sp³-hybridized carbons (Fsp3) is 0. The largest absolute Gasteiger partial charge is 2.00 e. The molecule has 52 valence electrons. The number of nitrogens with zero attached hydrogens (tertiary/aromatic N) is 2. The van der Waals surface area contributed by atoms with Gasteiger partial charge in [-0.1, -0.05) is 18.2 Å². The van der Waals surface area contributed by atoms with Crippen molar-refractivity contribution in [3.05, 3.63) is 35.5 Å². The van der Waals surface area contributed by atoms with Gasteiger partial charge in [-0.05, 0) is 4.86 Å². The first-order valence-electron chi connectivity index (χ1n) is 2.72. The standard InChI is InChI=1S/C6H6N2O2.Mg/c9-7-8(10)6-4-2-1-3-5-6;/h1-5,9H;/q;+2/b8-7-;. The van der Waals surface area contributed by atoms with Gasteiger partial charge in [0.05, 0.1) is 0 Å². The predicted molar refractivity (Wildman–Crippen MR) is 39.7 cm³/mol. The molecule has 1 rings (SSSR count). The van der Waals surface area contributed by atoms with Gasteiger partial charge >= 0.3 is 23.1 Å². The fourth-order valence-electron chi connectivity index (χ4n) is 0.607. The van der Waals surface area contributed by atoms with Gasteiger partial charge in [0, 0.05) is 12.1 Å². The molecule has 0 atom stereocenters. The summed E-state index contributed by atoms with van der Waals surface area (Å²) >= 11 is 0. The first-order valence-corrected chi connectivity index (χ1v) is 2.72. The van der Waals surface area contributed by atoms with Crippen LogP contribution in [-0.4, -0.2) is 33.1 Å². The quantitative estimate of drug-likeness (QED) is 0.293. The van der Waals surface area contributed by atoms with Gasteiger partial charge in [-0.3, -0.25) is 0 Å². The molecule has 0 unspecified atom stereocenters. The zero-order valence-corrected chi connectivity index (χ0v) is 7.26. The molecular weight excluding hydrogens is 156 g/mol. The second kappa shape index (κ2) is 4.92. The van der Waals surface area contributed by atoms with Crippen LogP contribution in [0.3, 0.4) is 0 Å². The van der Waals surface area contributed by atoms with E-state index in [4.69, 9.17) is 5.21 Å². The number of hydrogen-bond donors (Lipinski definition) is 1. The topological polar surface area (TPSA) is 58.7 Å². The molecule has 0 heterocycles. The smallest absolute Gasteiger partial charge is 0.592 e. The maximum atomic E-state index is 10.5. The van der Waals surface area contributed by atoms with Crippen LogP contribution in [-0.2, 0) is 0 Å². The molecule has 0 saturated carbocycles. The van der Waals surface area contributed by atoms with Gasteiger partial charge < -0.3 is 10.4 Å². The first kappa shape index (κ1) is 10.2. The zero-order chi connectivity index (χ0) is 7.40. The summed E-state index contributed by atoms with van der Waals surface area (Å²) in [7, 11) is 0. The van der Waals surface area contributed by atoms with Crippen LogP contribution in [0.2, 0.25) is 0 Å². The number of rotatable bonds is 1. The molecular formula is C6H6MgN2O2+2. The van der Waals surface area contributed by atoms with Gasteiger partial charge in [0.25, 0.3) is 0 Å². The minimum absolute atomic E-state index is 0. The summed E-state index contributed by atoms with van der Waals surface area (Å²) in [5.41, 5.74) is 0.310. The molecule has 0 fully saturated rings. The van der Waals surface area contributed by atoms with Crippen LogP contribution in [0.25, 0.3) is 0 Å². The maximum Gasteiger partial charge on any atom is 2.00 e. The van der Waals surface area contributed by atoms with Crippen LogP contribution in [0, 0.1) is 5.21 Å². The van der Waals surface area contributed by atoms with Gasteiger partial charge in [-0.2, -0.15) is 0 Å². The van der Waals surface area contributed by atoms with Crippen molar-refractivity contribution in [2.24, 2.45) is 5.28 Å². The molecule has 0 saturated heterocycles. The van der Waals surface area contributed by atoms with Gasteiger partial charge in [0.1, 0.15) is 0 Å². The van der Waals surface area contributed by atoms with Crippen LogP contribution in [0.4, 0.5) is 5.69 Å². The molecule has 0 amide bonds. The summed E-state index contributed by atoms with van der Waals surface area (Å²) in [6, 6.07) is 8.24. The third-order valence-corrected chi connectivity index (χ3v) is 1.06. The second-order valence-electron chi connectivity index (χ2n) is 1.70. The van der Waals surface area contributed by atoms with E-state index < -0.39 is 0 Å². The Kier molecular flexibility index (Phi) is 4.56. The Morgan fingerprint density at radius 3 is 2.27 bits per heavy atom. The maximum absolute atomic E-state index is 10.5. The first-order chi connectivity index (χ1) is 4.84. The average molecular weight is 162 g/mol. The van der Waals surface area contributed by atoms with Crippen molar-refractivity contribution in [3.63, 3.8) is 0 Å². The summed E-state index contributed by atoms with van der Waals surface area (Å²) in [6.07, 6.45) is 0. The third-order valence-electron chi connectivity index (χ3n) is 1.06. The monoisotopic (exact) mass is 162 g/mol. The fourth-order valence-corrected chi connectivity index (χ4v) is 0.607. The Bertz CT molecular complexity index is 238. The summed E-state index contributed by atoms with van der Waals surface area (Å²) in [5, 5.41) is 21.0. The average Bonchev–Trinajstić information content (AvgIpc) is 2.05. The zero-order valence-electron chi connectivity index (χ0n) is 5.84. The van der Waals surface area contributed by atoms with Crippen molar-refractivity contribution >= 4 is 28.7 Å². The number of benzene rings is 1. The molecule has 1 aromatic rings. The molecule has 5 heteroatoms. The second-order valence-corrected chi connectivity index (χ2v) is 1.70. The molecule has 0 aliphatic rings. The summed E-state index contributed by atoms with van der Waals surface area (Å²) < 4.78 is 0. The Balaban J connectivity index is 0.000001000. The van der Waals surface area contributed by atoms with E-state index in [0.29, 0.717) is 5.69 Å². The summed E-state index contributed by atoms with van der Waals surface area (Å²) in [6.45, 7) is 0. The molecule has 0 bridgehead atoms. The van der Waals surface area contributed by atoms with Crippen molar-refractivity contribution in [1.82, 2.24) is 0 Å². The van der Waals surface area contributed by atoms with E-state index in [2.05, 4.69) is 5.28 Å². The van der Waals surface area contributed by atoms with Crippen molar-refractivity contribution in [2.75, 3.05) is 0 Å². The molecule has 0 aliphatic heterocycles. The minimum atomic E-state index is 0. The van der Waals surface area contributed by atoms with Crippen molar-refractivity contribution in [2.45, 2.75) is 0 Å². The van der Waals surface area contributed by atoms with E-state index in [0.717, 1.165) is 0 Å². The Morgan fingerprint density at radius 1 is 1.27 bits per heavy atom. The van der Waals surface area contributed by atoms with E-state index in [1.165, 1.54) is 0 Å². The van der Waals surface area contributed by atoms with Gasteiger partial charge in [-0.25, -0.2) is 0 Å². The van der Waals surface area contributed by atoms with Crippen molar-refractivity contribution < 1.29 is 10.1 Å². The number of hydrogen-bond acceptors (Lipinski definition) is 2. The molecule has 0 aliphatic carbocycles. The van der Waals surface area contributed by atoms with Crippen LogP contribution in [0.15, 0.2) is 35.6 Å². The molecule has 0 radical (unpaired) electrons. The van der Waals surface area contributed by atoms with Crippen LogP contribution in [0.1, 0.15) is 0 Å². The Hall–Kier alpha value is -0.814. The minimum Gasteiger partial charge on any atom is -0.592 e. The van der Waals surface area contributed by atoms with Crippen molar-refractivity contribution in [3.8, 4) is 0 Å². The summed E-state index contributed by atoms with van der Waals surface area (Å²) in [5.74, 6) is 0. The van der Waals surface area contributed by atoms with E-state index in [9.17, 15) is 5.21 Å². The molecule has 1 N–H and O–H groups in total. The van der Waals surface area contributed by atoms with Crippen LogP contribution in [0.5, 0.6) is 0 Å². The molecule has 0 spiro atoms. The Labute approximate surface area is 79.9 Å². The van der Waals surface area contributed by atoms with Crippen molar-refractivity contribution in [1.29, 1.82) is 0 Å². The third kappa shape index (κ3) is 2.73. The van der Waals surface area contributed by atoms with E-state index in [1.54, 1.807) is 30.3 Å². The number of para-hydroxylation sites is 1. The molecule has 11 heavy (non-hydrogen) atoms. The van der Waals surface area contributed by atoms with Crippen LogP contribution >= 0.6 is 0 Å². The SMILES string of the molecule is [Mg+2].[O-]/[N+](=N\O)c1ccccc1. The van der Waals surface area contributed by atoms with Gasteiger partial charge in [0.15, 0.2) is 0 Å².